The Morgan fingerprint density at radius 3 is 2.95 bits per heavy atom. The van der Waals surface area contributed by atoms with E-state index in [4.69, 9.17) is 4.74 Å². The van der Waals surface area contributed by atoms with Crippen molar-refractivity contribution in [3.8, 4) is 0 Å². The van der Waals surface area contributed by atoms with E-state index in [1.54, 1.807) is 4.90 Å². The average molecular weight is 284 g/mol. The maximum atomic E-state index is 12.5. The molecule has 7 heteroatoms. The lowest BCUT2D eigenvalue weighted by molar-refractivity contribution is -0.150. The van der Waals surface area contributed by atoms with Gasteiger partial charge in [0.25, 0.3) is 0 Å². The highest BCUT2D eigenvalue weighted by Gasteiger charge is 2.36. The Bertz CT molecular complexity index is 345. The van der Waals surface area contributed by atoms with Crippen LogP contribution in [0.5, 0.6) is 0 Å². The summed E-state index contributed by atoms with van der Waals surface area (Å²) in [5.41, 5.74) is 0. The van der Waals surface area contributed by atoms with Gasteiger partial charge in [-0.05, 0) is 6.42 Å². The van der Waals surface area contributed by atoms with Crippen molar-refractivity contribution in [1.82, 2.24) is 20.9 Å². The predicted molar refractivity (Wildman–Crippen MR) is 74.3 cm³/mol. The lowest BCUT2D eigenvalue weighted by Gasteiger charge is -2.37. The molecule has 2 amide bonds. The van der Waals surface area contributed by atoms with Crippen LogP contribution in [-0.2, 0) is 14.3 Å². The zero-order chi connectivity index (χ0) is 14.4. The number of amides is 2. The third-order valence-corrected chi connectivity index (χ3v) is 3.60. The van der Waals surface area contributed by atoms with Crippen LogP contribution in [0.25, 0.3) is 0 Å². The van der Waals surface area contributed by atoms with Crippen LogP contribution in [-0.4, -0.2) is 74.7 Å². The minimum Gasteiger partial charge on any atom is -0.377 e. The number of ether oxygens (including phenoxy) is 1. The standard InChI is InChI=1S/C13H24N4O3/c1-2-3-16-12(18)11-9-20-7-6-17(11)13(19)10-8-14-4-5-15-10/h10-11,14-15H,2-9H2,1H3,(H,16,18). The zero-order valence-corrected chi connectivity index (χ0v) is 12.0. The fourth-order valence-electron chi connectivity index (χ4n) is 2.48. The van der Waals surface area contributed by atoms with Gasteiger partial charge in [0.2, 0.25) is 11.8 Å². The monoisotopic (exact) mass is 284 g/mol. The highest BCUT2D eigenvalue weighted by Crippen LogP contribution is 2.10. The number of hydrogen-bond donors (Lipinski definition) is 3. The molecule has 0 saturated carbocycles. The molecule has 0 aliphatic carbocycles. The highest BCUT2D eigenvalue weighted by atomic mass is 16.5. The van der Waals surface area contributed by atoms with Crippen LogP contribution in [0.15, 0.2) is 0 Å². The number of morpholine rings is 1. The summed E-state index contributed by atoms with van der Waals surface area (Å²) in [6, 6.07) is -0.755. The van der Waals surface area contributed by atoms with E-state index in [0.29, 0.717) is 26.2 Å². The first-order valence-electron chi connectivity index (χ1n) is 7.34. The Kier molecular flexibility index (Phi) is 5.75. The van der Waals surface area contributed by atoms with Crippen molar-refractivity contribution in [2.45, 2.75) is 25.4 Å². The quantitative estimate of drug-likeness (QED) is 0.573. The van der Waals surface area contributed by atoms with Crippen LogP contribution >= 0.6 is 0 Å². The van der Waals surface area contributed by atoms with Gasteiger partial charge in [0.05, 0.1) is 19.3 Å². The molecule has 2 rings (SSSR count). The number of nitrogens with zero attached hydrogens (tertiary/aromatic N) is 1. The normalized spacial score (nSPS) is 27.1. The van der Waals surface area contributed by atoms with Crippen molar-refractivity contribution in [3.05, 3.63) is 0 Å². The maximum absolute atomic E-state index is 12.5. The number of rotatable bonds is 4. The Hall–Kier alpha value is -1.18. The van der Waals surface area contributed by atoms with Crippen LogP contribution in [0.4, 0.5) is 0 Å². The van der Waals surface area contributed by atoms with E-state index in [9.17, 15) is 9.59 Å². The van der Waals surface area contributed by atoms with Gasteiger partial charge in [0.15, 0.2) is 0 Å². The molecule has 0 aromatic heterocycles. The highest BCUT2D eigenvalue weighted by molar-refractivity contribution is 5.90. The Morgan fingerprint density at radius 2 is 2.25 bits per heavy atom. The lowest BCUT2D eigenvalue weighted by Crippen LogP contribution is -2.63. The number of carbonyl (C=O) groups excluding carboxylic acids is 2. The van der Waals surface area contributed by atoms with Gasteiger partial charge >= 0.3 is 0 Å². The smallest absolute Gasteiger partial charge is 0.245 e. The molecule has 2 atom stereocenters. The van der Waals surface area contributed by atoms with Crippen molar-refractivity contribution in [1.29, 1.82) is 0 Å². The van der Waals surface area contributed by atoms with Crippen LogP contribution in [0.3, 0.4) is 0 Å². The fourth-order valence-corrected chi connectivity index (χ4v) is 2.48. The SMILES string of the molecule is CCCNC(=O)C1COCCN1C(=O)C1CNCCN1. The van der Waals surface area contributed by atoms with E-state index in [0.717, 1.165) is 19.5 Å². The first-order valence-corrected chi connectivity index (χ1v) is 7.34. The van der Waals surface area contributed by atoms with Crippen molar-refractivity contribution in [3.63, 3.8) is 0 Å². The van der Waals surface area contributed by atoms with Crippen molar-refractivity contribution >= 4 is 11.8 Å². The van der Waals surface area contributed by atoms with Crippen molar-refractivity contribution < 1.29 is 14.3 Å². The molecule has 0 aromatic carbocycles. The van der Waals surface area contributed by atoms with E-state index in [1.807, 2.05) is 6.92 Å². The summed E-state index contributed by atoms with van der Waals surface area (Å²) in [4.78, 5) is 26.3. The maximum Gasteiger partial charge on any atom is 0.245 e. The van der Waals surface area contributed by atoms with Crippen molar-refractivity contribution in [2.75, 3.05) is 45.9 Å². The number of piperazine rings is 1. The predicted octanol–water partition coefficient (Wildman–Crippen LogP) is -1.70. The summed E-state index contributed by atoms with van der Waals surface area (Å²) in [5.74, 6) is -0.138. The molecular weight excluding hydrogens is 260 g/mol. The summed E-state index contributed by atoms with van der Waals surface area (Å²) in [5, 5.41) is 9.22. The topological polar surface area (TPSA) is 82.7 Å². The van der Waals surface area contributed by atoms with E-state index in [1.165, 1.54) is 0 Å². The van der Waals surface area contributed by atoms with Crippen molar-refractivity contribution in [2.24, 2.45) is 0 Å². The molecule has 0 spiro atoms. The molecule has 0 bridgehead atoms. The molecule has 0 radical (unpaired) electrons. The summed E-state index contributed by atoms with van der Waals surface area (Å²) < 4.78 is 5.36. The molecule has 2 fully saturated rings. The Labute approximate surface area is 119 Å². The Morgan fingerprint density at radius 1 is 1.40 bits per heavy atom. The van der Waals surface area contributed by atoms with Crippen LogP contribution < -0.4 is 16.0 Å². The second kappa shape index (κ2) is 7.56. The summed E-state index contributed by atoms with van der Waals surface area (Å²) >= 11 is 0. The molecule has 20 heavy (non-hydrogen) atoms. The molecular formula is C13H24N4O3. The first kappa shape index (κ1) is 15.2. The average Bonchev–Trinajstić information content (AvgIpc) is 2.52. The third-order valence-electron chi connectivity index (χ3n) is 3.60. The fraction of sp³-hybridized carbons (Fsp3) is 0.846. The van der Waals surface area contributed by atoms with Gasteiger partial charge in [-0.1, -0.05) is 6.92 Å². The molecule has 2 aliphatic heterocycles. The summed E-state index contributed by atoms with van der Waals surface area (Å²) in [6.45, 7) is 6.12. The molecule has 7 nitrogen and oxygen atoms in total. The molecule has 2 aliphatic rings. The third kappa shape index (κ3) is 3.68. The van der Waals surface area contributed by atoms with Gasteiger partial charge in [0, 0.05) is 32.7 Å². The van der Waals surface area contributed by atoms with Crippen LogP contribution in [0.2, 0.25) is 0 Å². The molecule has 2 unspecified atom stereocenters. The minimum absolute atomic E-state index is 0.0165. The van der Waals surface area contributed by atoms with Gasteiger partial charge < -0.3 is 25.6 Å². The Balaban J connectivity index is 1.98. The second-order valence-corrected chi connectivity index (χ2v) is 5.12. The van der Waals surface area contributed by atoms with Gasteiger partial charge in [-0.25, -0.2) is 0 Å². The van der Waals surface area contributed by atoms with E-state index >= 15 is 0 Å². The largest absolute Gasteiger partial charge is 0.377 e. The van der Waals surface area contributed by atoms with Gasteiger partial charge in [-0.3, -0.25) is 9.59 Å². The summed E-state index contributed by atoms with van der Waals surface area (Å²) in [7, 11) is 0. The lowest BCUT2D eigenvalue weighted by atomic mass is 10.1. The second-order valence-electron chi connectivity index (χ2n) is 5.12. The van der Waals surface area contributed by atoms with Crippen LogP contribution in [0.1, 0.15) is 13.3 Å². The molecule has 2 saturated heterocycles. The first-order chi connectivity index (χ1) is 9.74. The summed E-state index contributed by atoms with van der Waals surface area (Å²) in [6.07, 6.45) is 0.876. The van der Waals surface area contributed by atoms with Gasteiger partial charge in [-0.15, -0.1) is 0 Å². The number of hydrogen-bond acceptors (Lipinski definition) is 5. The molecule has 114 valence electrons. The molecule has 3 N–H and O–H groups in total. The van der Waals surface area contributed by atoms with E-state index in [-0.39, 0.29) is 24.5 Å². The van der Waals surface area contributed by atoms with E-state index in [2.05, 4.69) is 16.0 Å². The van der Waals surface area contributed by atoms with Crippen LogP contribution in [0, 0.1) is 0 Å². The molecule has 0 aromatic rings. The number of carbonyl (C=O) groups is 2. The molecule has 2 heterocycles. The minimum atomic E-state index is -0.508. The zero-order valence-electron chi connectivity index (χ0n) is 12.0. The number of nitrogens with one attached hydrogen (secondary N) is 3. The van der Waals surface area contributed by atoms with E-state index < -0.39 is 6.04 Å². The van der Waals surface area contributed by atoms with Gasteiger partial charge in [0.1, 0.15) is 6.04 Å². The van der Waals surface area contributed by atoms with Gasteiger partial charge in [-0.2, -0.15) is 0 Å².